The number of halogens is 2. The maximum atomic E-state index is 6.05. The van der Waals surface area contributed by atoms with Crippen molar-refractivity contribution in [2.24, 2.45) is 0 Å². The van der Waals surface area contributed by atoms with E-state index in [-0.39, 0.29) is 0 Å². The molecule has 0 saturated heterocycles. The van der Waals surface area contributed by atoms with Crippen LogP contribution in [0, 0.1) is 0 Å². The van der Waals surface area contributed by atoms with Gasteiger partial charge in [0.2, 0.25) is 0 Å². The zero-order valence-electron chi connectivity index (χ0n) is 12.3. The first kappa shape index (κ1) is 15.8. The highest BCUT2D eigenvalue weighted by Crippen LogP contribution is 2.32. The maximum Gasteiger partial charge on any atom is 0.134 e. The molecule has 0 aliphatic carbocycles. The molecule has 0 radical (unpaired) electrons. The van der Waals surface area contributed by atoms with Crippen LogP contribution in [0.2, 0.25) is 10.0 Å². The minimum atomic E-state index is 0.453. The van der Waals surface area contributed by atoms with Crippen molar-refractivity contribution in [3.8, 4) is 17.2 Å². The van der Waals surface area contributed by atoms with E-state index in [0.29, 0.717) is 22.3 Å². The lowest BCUT2D eigenvalue weighted by Gasteiger charge is -2.13. The van der Waals surface area contributed by atoms with Gasteiger partial charge in [-0.15, -0.1) is 10.2 Å². The Morgan fingerprint density at radius 3 is 2.52 bits per heavy atom. The molecule has 7 heteroatoms. The highest BCUT2D eigenvalue weighted by molar-refractivity contribution is 6.42. The van der Waals surface area contributed by atoms with Crippen molar-refractivity contribution in [2.75, 3.05) is 7.05 Å². The Balaban J connectivity index is 1.97. The molecule has 0 amide bonds. The van der Waals surface area contributed by atoms with Gasteiger partial charge < -0.3 is 10.1 Å². The molecule has 3 rings (SSSR count). The lowest BCUT2D eigenvalue weighted by atomic mass is 10.1. The predicted molar refractivity (Wildman–Crippen MR) is 90.7 cm³/mol. The van der Waals surface area contributed by atoms with E-state index in [9.17, 15) is 0 Å². The number of rotatable bonds is 5. The van der Waals surface area contributed by atoms with Gasteiger partial charge in [0.25, 0.3) is 0 Å². The molecule has 0 unspecified atom stereocenters. The second kappa shape index (κ2) is 7.00. The fourth-order valence-electron chi connectivity index (χ4n) is 2.14. The summed E-state index contributed by atoms with van der Waals surface area (Å²) in [5.41, 5.74) is 1.93. The molecule has 3 aromatic rings. The Morgan fingerprint density at radius 1 is 1.04 bits per heavy atom. The van der Waals surface area contributed by atoms with Crippen molar-refractivity contribution in [2.45, 2.75) is 6.54 Å². The first-order valence-corrected chi connectivity index (χ1v) is 7.68. The lowest BCUT2D eigenvalue weighted by molar-refractivity contribution is 0.474. The average molecular weight is 349 g/mol. The van der Waals surface area contributed by atoms with Gasteiger partial charge >= 0.3 is 0 Å². The van der Waals surface area contributed by atoms with Gasteiger partial charge in [-0.3, -0.25) is 4.57 Å². The van der Waals surface area contributed by atoms with Crippen molar-refractivity contribution < 1.29 is 4.74 Å². The van der Waals surface area contributed by atoms with E-state index in [4.69, 9.17) is 27.9 Å². The summed E-state index contributed by atoms with van der Waals surface area (Å²) in [5.74, 6) is 1.35. The zero-order chi connectivity index (χ0) is 16.2. The normalized spacial score (nSPS) is 10.7. The third-order valence-corrected chi connectivity index (χ3v) is 3.99. The highest BCUT2D eigenvalue weighted by Gasteiger charge is 2.09. The summed E-state index contributed by atoms with van der Waals surface area (Å²) in [7, 11) is 1.89. The molecule has 2 aromatic carbocycles. The Bertz CT molecular complexity index is 806. The van der Waals surface area contributed by atoms with Crippen LogP contribution in [0.1, 0.15) is 5.56 Å². The molecular weight excluding hydrogens is 335 g/mol. The molecular formula is C16H14Cl2N4O. The molecule has 0 saturated carbocycles. The molecule has 0 atom stereocenters. The highest BCUT2D eigenvalue weighted by atomic mass is 35.5. The van der Waals surface area contributed by atoms with Crippen LogP contribution in [-0.2, 0) is 6.54 Å². The van der Waals surface area contributed by atoms with Crippen LogP contribution < -0.4 is 10.1 Å². The third-order valence-electron chi connectivity index (χ3n) is 3.25. The Labute approximate surface area is 143 Å². The molecule has 0 aliphatic rings. The first-order valence-electron chi connectivity index (χ1n) is 6.93. The summed E-state index contributed by atoms with van der Waals surface area (Å²) in [5, 5.41) is 11.7. The fourth-order valence-corrected chi connectivity index (χ4v) is 2.42. The number of nitrogens with one attached hydrogen (secondary N) is 1. The fraction of sp³-hybridized carbons (Fsp3) is 0.125. The zero-order valence-corrected chi connectivity index (χ0v) is 13.8. The van der Waals surface area contributed by atoms with Crippen LogP contribution in [0.3, 0.4) is 0 Å². The third kappa shape index (κ3) is 3.64. The monoisotopic (exact) mass is 348 g/mol. The van der Waals surface area contributed by atoms with Crippen molar-refractivity contribution in [3.05, 3.63) is 64.7 Å². The van der Waals surface area contributed by atoms with E-state index in [1.807, 2.05) is 29.8 Å². The molecule has 1 aromatic heterocycles. The summed E-state index contributed by atoms with van der Waals surface area (Å²) in [6.45, 7) is 0.680. The van der Waals surface area contributed by atoms with E-state index >= 15 is 0 Å². The van der Waals surface area contributed by atoms with Crippen LogP contribution in [0.15, 0.2) is 49.1 Å². The Hall–Kier alpha value is -2.08. The van der Waals surface area contributed by atoms with Crippen LogP contribution in [0.5, 0.6) is 11.5 Å². The van der Waals surface area contributed by atoms with Gasteiger partial charge in [0.1, 0.15) is 24.2 Å². The molecule has 0 spiro atoms. The van der Waals surface area contributed by atoms with Crippen LogP contribution in [0.25, 0.3) is 5.69 Å². The molecule has 0 aliphatic heterocycles. The number of hydrogen-bond acceptors (Lipinski definition) is 4. The molecule has 118 valence electrons. The summed E-state index contributed by atoms with van der Waals surface area (Å²) in [6, 6.07) is 11.1. The van der Waals surface area contributed by atoms with Crippen LogP contribution in [-0.4, -0.2) is 21.8 Å². The van der Waals surface area contributed by atoms with E-state index < -0.39 is 0 Å². The second-order valence-corrected chi connectivity index (χ2v) is 5.68. The number of hydrogen-bond donors (Lipinski definition) is 1. The van der Waals surface area contributed by atoms with Crippen molar-refractivity contribution in [1.29, 1.82) is 0 Å². The molecule has 23 heavy (non-hydrogen) atoms. The standard InChI is InChI=1S/C16H14Cl2N4O/c1-19-8-11-2-3-12(22-9-20-21-10-22)6-16(11)23-13-4-5-14(17)15(18)7-13/h2-7,9-10,19H,8H2,1H3. The maximum absolute atomic E-state index is 6.05. The van der Waals surface area contributed by atoms with E-state index in [1.54, 1.807) is 30.9 Å². The van der Waals surface area contributed by atoms with Crippen molar-refractivity contribution in [3.63, 3.8) is 0 Å². The number of aromatic nitrogens is 3. The summed E-state index contributed by atoms with van der Waals surface area (Å²) < 4.78 is 7.81. The quantitative estimate of drug-likeness (QED) is 0.754. The van der Waals surface area contributed by atoms with E-state index in [1.165, 1.54) is 0 Å². The van der Waals surface area contributed by atoms with E-state index in [0.717, 1.165) is 17.0 Å². The minimum absolute atomic E-state index is 0.453. The lowest BCUT2D eigenvalue weighted by Crippen LogP contribution is -2.07. The largest absolute Gasteiger partial charge is 0.457 e. The van der Waals surface area contributed by atoms with Gasteiger partial charge in [-0.05, 0) is 25.2 Å². The first-order chi connectivity index (χ1) is 11.2. The van der Waals surface area contributed by atoms with E-state index in [2.05, 4.69) is 15.5 Å². The SMILES string of the molecule is CNCc1ccc(-n2cnnc2)cc1Oc1ccc(Cl)c(Cl)c1. The summed E-state index contributed by atoms with van der Waals surface area (Å²) >= 11 is 12.0. The summed E-state index contributed by atoms with van der Waals surface area (Å²) in [4.78, 5) is 0. The Morgan fingerprint density at radius 2 is 1.83 bits per heavy atom. The number of ether oxygens (including phenoxy) is 1. The Kier molecular flexibility index (Phi) is 4.81. The van der Waals surface area contributed by atoms with Crippen LogP contribution >= 0.6 is 23.2 Å². The molecule has 5 nitrogen and oxygen atoms in total. The summed E-state index contributed by atoms with van der Waals surface area (Å²) in [6.07, 6.45) is 3.27. The second-order valence-electron chi connectivity index (χ2n) is 4.87. The number of benzene rings is 2. The van der Waals surface area contributed by atoms with Crippen molar-refractivity contribution >= 4 is 23.2 Å². The van der Waals surface area contributed by atoms with Gasteiger partial charge in [-0.1, -0.05) is 29.3 Å². The minimum Gasteiger partial charge on any atom is -0.457 e. The van der Waals surface area contributed by atoms with Gasteiger partial charge in [-0.25, -0.2) is 0 Å². The van der Waals surface area contributed by atoms with Gasteiger partial charge in [0.05, 0.1) is 15.7 Å². The predicted octanol–water partition coefficient (Wildman–Crippen LogP) is 4.09. The van der Waals surface area contributed by atoms with Gasteiger partial charge in [0.15, 0.2) is 0 Å². The molecule has 1 heterocycles. The molecule has 0 bridgehead atoms. The molecule has 1 N–H and O–H groups in total. The van der Waals surface area contributed by atoms with Crippen LogP contribution in [0.4, 0.5) is 0 Å². The van der Waals surface area contributed by atoms with Gasteiger partial charge in [0, 0.05) is 24.2 Å². The number of nitrogens with zero attached hydrogens (tertiary/aromatic N) is 3. The molecule has 0 fully saturated rings. The van der Waals surface area contributed by atoms with Gasteiger partial charge in [-0.2, -0.15) is 0 Å². The van der Waals surface area contributed by atoms with Crippen molar-refractivity contribution in [1.82, 2.24) is 20.1 Å². The average Bonchev–Trinajstić information content (AvgIpc) is 3.07. The smallest absolute Gasteiger partial charge is 0.134 e. The topological polar surface area (TPSA) is 52.0 Å².